The zero-order valence-corrected chi connectivity index (χ0v) is 7.09. The number of aromatic nitrogens is 2. The molecular formula is C8H11N3O2. The first-order valence-corrected chi connectivity index (χ1v) is 4.30. The normalized spacial score (nSPS) is 22.0. The molecule has 13 heavy (non-hydrogen) atoms. The van der Waals surface area contributed by atoms with Crippen LogP contribution >= 0.6 is 0 Å². The lowest BCUT2D eigenvalue weighted by molar-refractivity contribution is 0.0925. The van der Waals surface area contributed by atoms with Crippen molar-refractivity contribution < 1.29 is 4.79 Å². The Morgan fingerprint density at radius 2 is 2.38 bits per heavy atom. The summed E-state index contributed by atoms with van der Waals surface area (Å²) < 4.78 is 0. The van der Waals surface area contributed by atoms with Crippen molar-refractivity contribution in [2.45, 2.75) is 6.42 Å². The van der Waals surface area contributed by atoms with E-state index in [9.17, 15) is 9.59 Å². The fraction of sp³-hybridized carbons (Fsp3) is 0.500. The van der Waals surface area contributed by atoms with E-state index in [0.29, 0.717) is 12.2 Å². The number of nitrogens with one attached hydrogen (secondary N) is 3. The van der Waals surface area contributed by atoms with E-state index < -0.39 is 0 Å². The lowest BCUT2D eigenvalue weighted by atomic mass is 10.0. The molecule has 70 valence electrons. The van der Waals surface area contributed by atoms with E-state index >= 15 is 0 Å². The third-order valence-electron chi connectivity index (χ3n) is 2.29. The van der Waals surface area contributed by atoms with Crippen LogP contribution in [0.5, 0.6) is 0 Å². The topological polar surface area (TPSA) is 77.8 Å². The summed E-state index contributed by atoms with van der Waals surface area (Å²) in [4.78, 5) is 27.2. The number of imidazole rings is 1. The molecule has 1 unspecified atom stereocenters. The molecular weight excluding hydrogens is 170 g/mol. The number of ketones is 1. The van der Waals surface area contributed by atoms with Crippen molar-refractivity contribution in [3.05, 3.63) is 22.4 Å². The van der Waals surface area contributed by atoms with Gasteiger partial charge >= 0.3 is 5.69 Å². The van der Waals surface area contributed by atoms with Gasteiger partial charge in [-0.25, -0.2) is 4.79 Å². The standard InChI is InChI=1S/C8H11N3O2/c12-7(5-1-2-9-3-5)6-4-10-8(13)11-6/h4-5,9H,1-3H2,(H2,10,11,13). The predicted octanol–water partition coefficient (Wildman–Crippen LogP) is -0.505. The molecule has 1 aliphatic rings. The van der Waals surface area contributed by atoms with Crippen LogP contribution in [0.4, 0.5) is 0 Å². The third kappa shape index (κ3) is 1.55. The molecule has 5 heteroatoms. The third-order valence-corrected chi connectivity index (χ3v) is 2.29. The SMILES string of the molecule is O=C(c1c[nH]c(=O)[nH]1)C1CCNC1. The van der Waals surface area contributed by atoms with Crippen LogP contribution in [0.3, 0.4) is 0 Å². The van der Waals surface area contributed by atoms with Crippen LogP contribution in [-0.2, 0) is 0 Å². The molecule has 5 nitrogen and oxygen atoms in total. The van der Waals surface area contributed by atoms with Crippen LogP contribution in [-0.4, -0.2) is 28.8 Å². The Balaban J connectivity index is 2.16. The Hall–Kier alpha value is -1.36. The summed E-state index contributed by atoms with van der Waals surface area (Å²) >= 11 is 0. The second-order valence-corrected chi connectivity index (χ2v) is 3.21. The molecule has 1 aromatic rings. The van der Waals surface area contributed by atoms with Gasteiger partial charge in [-0.3, -0.25) is 4.79 Å². The first kappa shape index (κ1) is 8.25. The minimum absolute atomic E-state index is 0.0170. The van der Waals surface area contributed by atoms with Gasteiger partial charge in [-0.15, -0.1) is 0 Å². The Morgan fingerprint density at radius 3 is 2.92 bits per heavy atom. The van der Waals surface area contributed by atoms with E-state index in [4.69, 9.17) is 0 Å². The summed E-state index contributed by atoms with van der Waals surface area (Å²) in [6.45, 7) is 1.59. The molecule has 0 amide bonds. The van der Waals surface area contributed by atoms with Crippen LogP contribution in [0.25, 0.3) is 0 Å². The van der Waals surface area contributed by atoms with E-state index in [-0.39, 0.29) is 17.4 Å². The summed E-state index contributed by atoms with van der Waals surface area (Å²) in [7, 11) is 0. The van der Waals surface area contributed by atoms with E-state index in [1.165, 1.54) is 6.20 Å². The number of carbonyl (C=O) groups is 1. The highest BCUT2D eigenvalue weighted by molar-refractivity contribution is 5.96. The van der Waals surface area contributed by atoms with Crippen LogP contribution < -0.4 is 11.0 Å². The summed E-state index contributed by atoms with van der Waals surface area (Å²) in [5.74, 6) is 0.0369. The van der Waals surface area contributed by atoms with Gasteiger partial charge in [0.1, 0.15) is 5.69 Å². The number of rotatable bonds is 2. The number of hydrogen-bond acceptors (Lipinski definition) is 3. The lowest BCUT2D eigenvalue weighted by Gasteiger charge is -2.03. The van der Waals surface area contributed by atoms with Gasteiger partial charge in [0.25, 0.3) is 0 Å². The fourth-order valence-corrected chi connectivity index (χ4v) is 1.56. The number of Topliss-reactive ketones (excluding diaryl/α,β-unsaturated/α-hetero) is 1. The van der Waals surface area contributed by atoms with Crippen LogP contribution in [0.15, 0.2) is 11.0 Å². The van der Waals surface area contributed by atoms with Gasteiger partial charge < -0.3 is 15.3 Å². The summed E-state index contributed by atoms with van der Waals surface area (Å²) in [6.07, 6.45) is 2.29. The van der Waals surface area contributed by atoms with Crippen molar-refractivity contribution in [2.24, 2.45) is 5.92 Å². The fourth-order valence-electron chi connectivity index (χ4n) is 1.56. The smallest absolute Gasteiger partial charge is 0.316 e. The number of carbonyl (C=O) groups excluding carboxylic acids is 1. The first-order chi connectivity index (χ1) is 6.27. The largest absolute Gasteiger partial charge is 0.323 e. The van der Waals surface area contributed by atoms with Crippen molar-refractivity contribution in [3.63, 3.8) is 0 Å². The monoisotopic (exact) mass is 181 g/mol. The minimum atomic E-state index is -0.325. The van der Waals surface area contributed by atoms with Crippen LogP contribution in [0.2, 0.25) is 0 Å². The molecule has 0 bridgehead atoms. The first-order valence-electron chi connectivity index (χ1n) is 4.30. The van der Waals surface area contributed by atoms with Gasteiger partial charge in [-0.2, -0.15) is 0 Å². The van der Waals surface area contributed by atoms with Gasteiger partial charge in [0.15, 0.2) is 5.78 Å². The minimum Gasteiger partial charge on any atom is -0.316 e. The number of hydrogen-bond donors (Lipinski definition) is 3. The van der Waals surface area contributed by atoms with Gasteiger partial charge in [-0.1, -0.05) is 0 Å². The molecule has 0 saturated carbocycles. The highest BCUT2D eigenvalue weighted by Crippen LogP contribution is 2.12. The summed E-state index contributed by atoms with van der Waals surface area (Å²) in [5.41, 5.74) is 0.0630. The quantitative estimate of drug-likeness (QED) is 0.538. The Bertz CT molecular complexity index is 359. The summed E-state index contributed by atoms with van der Waals surface area (Å²) in [5, 5.41) is 3.11. The van der Waals surface area contributed by atoms with Gasteiger partial charge in [0, 0.05) is 18.7 Å². The van der Waals surface area contributed by atoms with Crippen molar-refractivity contribution >= 4 is 5.78 Å². The van der Waals surface area contributed by atoms with Crippen molar-refractivity contribution in [3.8, 4) is 0 Å². The Morgan fingerprint density at radius 1 is 1.54 bits per heavy atom. The molecule has 1 fully saturated rings. The average molecular weight is 181 g/mol. The van der Waals surface area contributed by atoms with Gasteiger partial charge in [-0.05, 0) is 13.0 Å². The van der Waals surface area contributed by atoms with E-state index in [0.717, 1.165) is 13.0 Å². The maximum Gasteiger partial charge on any atom is 0.323 e. The van der Waals surface area contributed by atoms with Crippen molar-refractivity contribution in [1.82, 2.24) is 15.3 Å². The molecule has 1 saturated heterocycles. The molecule has 0 aliphatic carbocycles. The Kier molecular flexibility index (Phi) is 2.02. The molecule has 0 spiro atoms. The second-order valence-electron chi connectivity index (χ2n) is 3.21. The van der Waals surface area contributed by atoms with E-state index in [1.807, 2.05) is 0 Å². The molecule has 2 heterocycles. The van der Waals surface area contributed by atoms with E-state index in [1.54, 1.807) is 0 Å². The molecule has 0 radical (unpaired) electrons. The maximum atomic E-state index is 11.6. The average Bonchev–Trinajstić information content (AvgIpc) is 2.72. The zero-order chi connectivity index (χ0) is 9.26. The predicted molar refractivity (Wildman–Crippen MR) is 46.7 cm³/mol. The highest BCUT2D eigenvalue weighted by Gasteiger charge is 2.24. The van der Waals surface area contributed by atoms with Gasteiger partial charge in [0.2, 0.25) is 0 Å². The molecule has 1 atom stereocenters. The number of aromatic amines is 2. The molecule has 2 rings (SSSR count). The molecule has 1 aromatic heterocycles. The second kappa shape index (κ2) is 3.18. The van der Waals surface area contributed by atoms with Gasteiger partial charge in [0.05, 0.1) is 0 Å². The van der Waals surface area contributed by atoms with Crippen molar-refractivity contribution in [2.75, 3.05) is 13.1 Å². The zero-order valence-electron chi connectivity index (χ0n) is 7.09. The molecule has 3 N–H and O–H groups in total. The van der Waals surface area contributed by atoms with Crippen molar-refractivity contribution in [1.29, 1.82) is 0 Å². The molecule has 1 aliphatic heterocycles. The number of H-pyrrole nitrogens is 2. The Labute approximate surface area is 74.6 Å². The van der Waals surface area contributed by atoms with Crippen LogP contribution in [0, 0.1) is 5.92 Å². The van der Waals surface area contributed by atoms with Crippen LogP contribution in [0.1, 0.15) is 16.9 Å². The lowest BCUT2D eigenvalue weighted by Crippen LogP contribution is -2.18. The highest BCUT2D eigenvalue weighted by atomic mass is 16.1. The van der Waals surface area contributed by atoms with E-state index in [2.05, 4.69) is 15.3 Å². The molecule has 0 aromatic carbocycles. The summed E-state index contributed by atoms with van der Waals surface area (Å²) in [6, 6.07) is 0. The maximum absolute atomic E-state index is 11.6.